The van der Waals surface area contributed by atoms with Gasteiger partial charge in [-0.2, -0.15) is 0 Å². The molecule has 0 aliphatic heterocycles. The minimum Gasteiger partial charge on any atom is -0.329 e. The van der Waals surface area contributed by atoms with Crippen LogP contribution in [0.4, 0.5) is 0 Å². The van der Waals surface area contributed by atoms with E-state index in [1.54, 1.807) is 0 Å². The van der Waals surface area contributed by atoms with E-state index in [9.17, 15) is 0 Å². The predicted octanol–water partition coefficient (Wildman–Crippen LogP) is 2.87. The van der Waals surface area contributed by atoms with Crippen molar-refractivity contribution in [3.63, 3.8) is 0 Å². The lowest BCUT2D eigenvalue weighted by Crippen LogP contribution is -2.47. The molecule has 1 unspecified atom stereocenters. The van der Waals surface area contributed by atoms with Crippen molar-refractivity contribution >= 4 is 0 Å². The molecule has 0 amide bonds. The van der Waals surface area contributed by atoms with Gasteiger partial charge in [0.1, 0.15) is 0 Å². The molecule has 17 heavy (non-hydrogen) atoms. The molecule has 0 spiro atoms. The van der Waals surface area contributed by atoms with Gasteiger partial charge in [-0.3, -0.25) is 4.90 Å². The first-order valence-corrected chi connectivity index (χ1v) is 7.72. The Morgan fingerprint density at radius 2 is 1.47 bits per heavy atom. The quantitative estimate of drug-likeness (QED) is 0.669. The second-order valence-electron chi connectivity index (χ2n) is 6.22. The first-order valence-electron chi connectivity index (χ1n) is 7.72. The van der Waals surface area contributed by atoms with Crippen molar-refractivity contribution < 1.29 is 0 Å². The highest BCUT2D eigenvalue weighted by molar-refractivity contribution is 4.88. The molecule has 1 atom stereocenters. The van der Waals surface area contributed by atoms with Gasteiger partial charge in [0.2, 0.25) is 0 Å². The Morgan fingerprint density at radius 1 is 1.00 bits per heavy atom. The second-order valence-corrected chi connectivity index (χ2v) is 6.22. The SMILES string of the molecule is CCC(CC)C(CN)N(CC1CC1)CC1CC1. The van der Waals surface area contributed by atoms with Crippen LogP contribution in [0.2, 0.25) is 0 Å². The Balaban J connectivity index is 1.92. The number of nitrogens with two attached hydrogens (primary N) is 1. The van der Waals surface area contributed by atoms with E-state index in [1.165, 1.54) is 51.6 Å². The lowest BCUT2D eigenvalue weighted by molar-refractivity contribution is 0.128. The molecule has 0 heterocycles. The molecule has 2 rings (SSSR count). The molecule has 2 N–H and O–H groups in total. The van der Waals surface area contributed by atoms with E-state index in [0.717, 1.165) is 24.3 Å². The Morgan fingerprint density at radius 3 is 1.76 bits per heavy atom. The highest BCUT2D eigenvalue weighted by Gasteiger charge is 2.34. The fraction of sp³-hybridized carbons (Fsp3) is 1.00. The Bertz CT molecular complexity index is 203. The van der Waals surface area contributed by atoms with Gasteiger partial charge in [0.25, 0.3) is 0 Å². The summed E-state index contributed by atoms with van der Waals surface area (Å²) in [5, 5.41) is 0. The van der Waals surface area contributed by atoms with Gasteiger partial charge in [-0.15, -0.1) is 0 Å². The van der Waals surface area contributed by atoms with Crippen molar-refractivity contribution in [3.05, 3.63) is 0 Å². The van der Waals surface area contributed by atoms with E-state index in [-0.39, 0.29) is 0 Å². The van der Waals surface area contributed by atoms with E-state index >= 15 is 0 Å². The Hall–Kier alpha value is -0.0800. The molecule has 100 valence electrons. The maximum absolute atomic E-state index is 6.08. The van der Waals surface area contributed by atoms with Crippen LogP contribution in [-0.2, 0) is 0 Å². The van der Waals surface area contributed by atoms with Crippen LogP contribution in [-0.4, -0.2) is 30.6 Å². The Labute approximate surface area is 107 Å². The number of nitrogens with zero attached hydrogens (tertiary/aromatic N) is 1. The van der Waals surface area contributed by atoms with Crippen molar-refractivity contribution in [2.75, 3.05) is 19.6 Å². The molecule has 0 aromatic rings. The zero-order valence-electron chi connectivity index (χ0n) is 11.7. The molecule has 0 aromatic carbocycles. The first kappa shape index (κ1) is 13.4. The predicted molar refractivity (Wildman–Crippen MR) is 73.9 cm³/mol. The van der Waals surface area contributed by atoms with Crippen LogP contribution in [0.3, 0.4) is 0 Å². The van der Waals surface area contributed by atoms with E-state index in [2.05, 4.69) is 18.7 Å². The third-order valence-corrected chi connectivity index (χ3v) is 4.68. The smallest absolute Gasteiger partial charge is 0.0246 e. The average Bonchev–Trinajstić information content (AvgIpc) is 3.20. The summed E-state index contributed by atoms with van der Waals surface area (Å²) in [5.41, 5.74) is 6.08. The minimum absolute atomic E-state index is 0.645. The molecule has 0 bridgehead atoms. The van der Waals surface area contributed by atoms with Gasteiger partial charge in [-0.1, -0.05) is 26.7 Å². The van der Waals surface area contributed by atoms with E-state index in [4.69, 9.17) is 5.73 Å². The number of rotatable bonds is 9. The van der Waals surface area contributed by atoms with Crippen molar-refractivity contribution in [1.82, 2.24) is 4.90 Å². The molecule has 2 aliphatic rings. The fourth-order valence-corrected chi connectivity index (χ4v) is 3.08. The highest BCUT2D eigenvalue weighted by Crippen LogP contribution is 2.35. The summed E-state index contributed by atoms with van der Waals surface area (Å²) in [6, 6.07) is 0.645. The van der Waals surface area contributed by atoms with Crippen LogP contribution in [0.25, 0.3) is 0 Å². The third-order valence-electron chi connectivity index (χ3n) is 4.68. The fourth-order valence-electron chi connectivity index (χ4n) is 3.08. The largest absolute Gasteiger partial charge is 0.329 e. The van der Waals surface area contributed by atoms with Crippen LogP contribution >= 0.6 is 0 Å². The lowest BCUT2D eigenvalue weighted by Gasteiger charge is -2.36. The van der Waals surface area contributed by atoms with E-state index in [1.807, 2.05) is 0 Å². The maximum atomic E-state index is 6.08. The maximum Gasteiger partial charge on any atom is 0.0246 e. The molecule has 0 saturated heterocycles. The van der Waals surface area contributed by atoms with Crippen molar-refractivity contribution in [1.29, 1.82) is 0 Å². The van der Waals surface area contributed by atoms with Crippen molar-refractivity contribution in [3.8, 4) is 0 Å². The summed E-state index contributed by atoms with van der Waals surface area (Å²) in [7, 11) is 0. The molecular weight excluding hydrogens is 208 g/mol. The van der Waals surface area contributed by atoms with E-state index in [0.29, 0.717) is 6.04 Å². The zero-order valence-corrected chi connectivity index (χ0v) is 11.7. The van der Waals surface area contributed by atoms with Crippen LogP contribution in [0.15, 0.2) is 0 Å². The Kier molecular flexibility index (Phi) is 4.87. The van der Waals surface area contributed by atoms with Gasteiger partial charge in [0.15, 0.2) is 0 Å². The van der Waals surface area contributed by atoms with Crippen LogP contribution < -0.4 is 5.73 Å². The molecule has 2 heteroatoms. The summed E-state index contributed by atoms with van der Waals surface area (Å²) < 4.78 is 0. The van der Waals surface area contributed by atoms with Crippen molar-refractivity contribution in [2.24, 2.45) is 23.5 Å². The highest BCUT2D eigenvalue weighted by atomic mass is 15.2. The summed E-state index contributed by atoms with van der Waals surface area (Å²) in [4.78, 5) is 2.76. The molecule has 0 radical (unpaired) electrons. The lowest BCUT2D eigenvalue weighted by atomic mass is 9.92. The normalized spacial score (nSPS) is 22.4. The first-order chi connectivity index (χ1) is 8.28. The van der Waals surface area contributed by atoms with Gasteiger partial charge in [-0.05, 0) is 43.4 Å². The van der Waals surface area contributed by atoms with Gasteiger partial charge in [-0.25, -0.2) is 0 Å². The van der Waals surface area contributed by atoms with Crippen LogP contribution in [0.1, 0.15) is 52.4 Å². The number of hydrogen-bond donors (Lipinski definition) is 1. The number of hydrogen-bond acceptors (Lipinski definition) is 2. The summed E-state index contributed by atoms with van der Waals surface area (Å²) in [6.45, 7) is 8.15. The van der Waals surface area contributed by atoms with E-state index < -0.39 is 0 Å². The molecule has 2 saturated carbocycles. The standard InChI is InChI=1S/C15H30N2/c1-3-14(4-2)15(9-16)17(10-12-5-6-12)11-13-7-8-13/h12-15H,3-11,16H2,1-2H3. The molecule has 0 aromatic heterocycles. The van der Waals surface area contributed by atoms with Crippen LogP contribution in [0, 0.1) is 17.8 Å². The van der Waals surface area contributed by atoms with Gasteiger partial charge < -0.3 is 5.73 Å². The van der Waals surface area contributed by atoms with Crippen LogP contribution in [0.5, 0.6) is 0 Å². The summed E-state index contributed by atoms with van der Waals surface area (Å²) >= 11 is 0. The molecule has 2 nitrogen and oxygen atoms in total. The van der Waals surface area contributed by atoms with Gasteiger partial charge in [0, 0.05) is 25.7 Å². The topological polar surface area (TPSA) is 29.3 Å². The summed E-state index contributed by atoms with van der Waals surface area (Å²) in [5.74, 6) is 2.80. The average molecular weight is 238 g/mol. The summed E-state index contributed by atoms with van der Waals surface area (Å²) in [6.07, 6.45) is 8.40. The molecule has 2 fully saturated rings. The molecular formula is C15H30N2. The van der Waals surface area contributed by atoms with Gasteiger partial charge >= 0.3 is 0 Å². The second kappa shape index (κ2) is 6.19. The third kappa shape index (κ3) is 3.96. The molecule has 2 aliphatic carbocycles. The van der Waals surface area contributed by atoms with Crippen molar-refractivity contribution in [2.45, 2.75) is 58.4 Å². The monoisotopic (exact) mass is 238 g/mol. The van der Waals surface area contributed by atoms with Gasteiger partial charge in [0.05, 0.1) is 0 Å². The minimum atomic E-state index is 0.645. The zero-order chi connectivity index (χ0) is 12.3.